The molecule has 21 heavy (non-hydrogen) atoms. The molecule has 3 nitrogen and oxygen atoms in total. The molecule has 0 aliphatic heterocycles. The molecule has 1 atom stereocenters. The van der Waals surface area contributed by atoms with Gasteiger partial charge in [-0.15, -0.1) is 0 Å². The fourth-order valence-electron chi connectivity index (χ4n) is 2.53. The smallest absolute Gasteiger partial charge is 0.220 e. The number of hydrogen-bond donors (Lipinski definition) is 2. The first-order valence-electron chi connectivity index (χ1n) is 8.24. The highest BCUT2D eigenvalue weighted by molar-refractivity contribution is 5.76. The molecule has 0 radical (unpaired) electrons. The highest BCUT2D eigenvalue weighted by Crippen LogP contribution is 2.25. The Hall–Kier alpha value is -1.35. The molecular weight excluding hydrogens is 260 g/mol. The van der Waals surface area contributed by atoms with Crippen molar-refractivity contribution in [3.05, 3.63) is 35.9 Å². The van der Waals surface area contributed by atoms with Crippen molar-refractivity contribution in [3.8, 4) is 0 Å². The first-order valence-corrected chi connectivity index (χ1v) is 8.24. The van der Waals surface area contributed by atoms with E-state index in [1.54, 1.807) is 0 Å². The number of hydrogen-bond acceptors (Lipinski definition) is 1. The van der Waals surface area contributed by atoms with Crippen LogP contribution in [0.15, 0.2) is 30.3 Å². The van der Waals surface area contributed by atoms with Crippen molar-refractivity contribution < 1.29 is 9.69 Å². The van der Waals surface area contributed by atoms with Gasteiger partial charge in [0.1, 0.15) is 0 Å². The molecule has 2 N–H and O–H groups in total. The molecule has 0 saturated heterocycles. The largest absolute Gasteiger partial charge is 0.356 e. The number of carbonyl (C=O) groups excluding carboxylic acids is 1. The van der Waals surface area contributed by atoms with Crippen molar-refractivity contribution >= 4 is 5.91 Å². The molecule has 1 unspecified atom stereocenters. The maximum Gasteiger partial charge on any atom is 0.220 e. The van der Waals surface area contributed by atoms with Crippen LogP contribution in [0.5, 0.6) is 0 Å². The van der Waals surface area contributed by atoms with E-state index in [1.165, 1.54) is 23.3 Å². The molecule has 1 amide bonds. The molecule has 0 heterocycles. The molecule has 0 bridgehead atoms. The Morgan fingerprint density at radius 2 is 1.90 bits per heavy atom. The number of unbranched alkanes of at least 4 members (excludes halogenated alkanes) is 1. The van der Waals surface area contributed by atoms with Crippen LogP contribution in [-0.4, -0.2) is 33.1 Å². The predicted molar refractivity (Wildman–Crippen MR) is 88.6 cm³/mol. The third kappa shape index (κ3) is 7.86. The Balaban J connectivity index is 2.43. The molecule has 0 fully saturated rings. The lowest BCUT2D eigenvalue weighted by Crippen LogP contribution is -3.05. The third-order valence-electron chi connectivity index (χ3n) is 3.78. The Kier molecular flexibility index (Phi) is 8.76. The van der Waals surface area contributed by atoms with Crippen LogP contribution in [-0.2, 0) is 4.79 Å². The molecule has 0 aromatic heterocycles. The average Bonchev–Trinajstić information content (AvgIpc) is 2.48. The van der Waals surface area contributed by atoms with E-state index in [1.807, 2.05) is 6.07 Å². The number of quaternary nitrogens is 1. The number of amides is 1. The van der Waals surface area contributed by atoms with Gasteiger partial charge in [-0.3, -0.25) is 4.79 Å². The highest BCUT2D eigenvalue weighted by Gasteiger charge is 2.15. The van der Waals surface area contributed by atoms with Crippen LogP contribution < -0.4 is 10.2 Å². The first kappa shape index (κ1) is 17.7. The second kappa shape index (κ2) is 10.4. The maximum absolute atomic E-state index is 12.1. The van der Waals surface area contributed by atoms with E-state index in [4.69, 9.17) is 0 Å². The molecule has 0 aliphatic rings. The van der Waals surface area contributed by atoms with Gasteiger partial charge in [0, 0.05) is 19.4 Å². The zero-order valence-corrected chi connectivity index (χ0v) is 13.8. The summed E-state index contributed by atoms with van der Waals surface area (Å²) in [5, 5.41) is 3.06. The summed E-state index contributed by atoms with van der Waals surface area (Å²) in [7, 11) is 4.27. The van der Waals surface area contributed by atoms with E-state index < -0.39 is 0 Å². The summed E-state index contributed by atoms with van der Waals surface area (Å²) in [5.41, 5.74) is 1.29. The summed E-state index contributed by atoms with van der Waals surface area (Å²) in [6, 6.07) is 10.4. The lowest BCUT2D eigenvalue weighted by molar-refractivity contribution is -0.858. The van der Waals surface area contributed by atoms with E-state index in [0.717, 1.165) is 25.9 Å². The van der Waals surface area contributed by atoms with Crippen molar-refractivity contribution in [1.29, 1.82) is 0 Å². The fraction of sp³-hybridized carbons (Fsp3) is 0.611. The van der Waals surface area contributed by atoms with Gasteiger partial charge >= 0.3 is 0 Å². The van der Waals surface area contributed by atoms with Gasteiger partial charge in [-0.2, -0.15) is 0 Å². The summed E-state index contributed by atoms with van der Waals surface area (Å²) < 4.78 is 0. The summed E-state index contributed by atoms with van der Waals surface area (Å²) in [6.07, 6.45) is 5.10. The SMILES string of the molecule is CCCCC(CC(=O)NCCC[NH+](C)C)c1ccccc1. The van der Waals surface area contributed by atoms with E-state index in [0.29, 0.717) is 12.3 Å². The van der Waals surface area contributed by atoms with Gasteiger partial charge in [-0.05, 0) is 17.9 Å². The molecule has 1 rings (SSSR count). The van der Waals surface area contributed by atoms with Crippen LogP contribution >= 0.6 is 0 Å². The maximum atomic E-state index is 12.1. The van der Waals surface area contributed by atoms with Crippen LogP contribution in [0.25, 0.3) is 0 Å². The van der Waals surface area contributed by atoms with E-state index >= 15 is 0 Å². The normalized spacial score (nSPS) is 12.4. The van der Waals surface area contributed by atoms with E-state index in [2.05, 4.69) is 50.6 Å². The Morgan fingerprint density at radius 3 is 2.52 bits per heavy atom. The number of carbonyl (C=O) groups is 1. The lowest BCUT2D eigenvalue weighted by Gasteiger charge is -2.17. The molecule has 118 valence electrons. The van der Waals surface area contributed by atoms with Crippen molar-refractivity contribution in [2.24, 2.45) is 0 Å². The number of nitrogens with one attached hydrogen (secondary N) is 2. The van der Waals surface area contributed by atoms with Gasteiger partial charge in [0.05, 0.1) is 20.6 Å². The van der Waals surface area contributed by atoms with Gasteiger partial charge < -0.3 is 10.2 Å². The number of rotatable bonds is 10. The van der Waals surface area contributed by atoms with Crippen molar-refractivity contribution in [2.45, 2.75) is 44.9 Å². The second-order valence-corrected chi connectivity index (χ2v) is 6.11. The van der Waals surface area contributed by atoms with Gasteiger partial charge in [0.2, 0.25) is 5.91 Å². The predicted octanol–water partition coefficient (Wildman–Crippen LogP) is 2.00. The standard InChI is InChI=1S/C18H30N2O/c1-4-5-10-17(16-11-7-6-8-12-16)15-18(21)19-13-9-14-20(2)3/h6-8,11-12,17H,4-5,9-10,13-15H2,1-3H3,(H,19,21)/p+1. The van der Waals surface area contributed by atoms with E-state index in [-0.39, 0.29) is 5.91 Å². The second-order valence-electron chi connectivity index (χ2n) is 6.11. The van der Waals surface area contributed by atoms with Crippen LogP contribution in [0, 0.1) is 0 Å². The van der Waals surface area contributed by atoms with E-state index in [9.17, 15) is 4.79 Å². The Morgan fingerprint density at radius 1 is 1.19 bits per heavy atom. The third-order valence-corrected chi connectivity index (χ3v) is 3.78. The molecule has 1 aromatic carbocycles. The summed E-state index contributed by atoms with van der Waals surface area (Å²) in [5.74, 6) is 0.541. The number of benzene rings is 1. The lowest BCUT2D eigenvalue weighted by atomic mass is 9.90. The minimum absolute atomic E-state index is 0.189. The zero-order valence-electron chi connectivity index (χ0n) is 13.8. The van der Waals surface area contributed by atoms with Crippen molar-refractivity contribution in [2.75, 3.05) is 27.2 Å². The minimum atomic E-state index is 0.189. The van der Waals surface area contributed by atoms with Crippen molar-refractivity contribution in [1.82, 2.24) is 5.32 Å². The highest BCUT2D eigenvalue weighted by atomic mass is 16.1. The minimum Gasteiger partial charge on any atom is -0.356 e. The van der Waals surface area contributed by atoms with Crippen LogP contribution in [0.3, 0.4) is 0 Å². The molecular formula is C18H31N2O+. The Labute approximate surface area is 129 Å². The molecule has 1 aromatic rings. The van der Waals surface area contributed by atoms with Crippen LogP contribution in [0.2, 0.25) is 0 Å². The van der Waals surface area contributed by atoms with Gasteiger partial charge in [-0.1, -0.05) is 50.1 Å². The zero-order chi connectivity index (χ0) is 15.5. The summed E-state index contributed by atoms with van der Waals surface area (Å²) >= 11 is 0. The monoisotopic (exact) mass is 291 g/mol. The van der Waals surface area contributed by atoms with Gasteiger partial charge in [-0.25, -0.2) is 0 Å². The van der Waals surface area contributed by atoms with Crippen molar-refractivity contribution in [3.63, 3.8) is 0 Å². The topological polar surface area (TPSA) is 33.5 Å². The van der Waals surface area contributed by atoms with Gasteiger partial charge in [0.15, 0.2) is 0 Å². The van der Waals surface area contributed by atoms with Crippen LogP contribution in [0.4, 0.5) is 0 Å². The summed E-state index contributed by atoms with van der Waals surface area (Å²) in [4.78, 5) is 13.5. The fourth-order valence-corrected chi connectivity index (χ4v) is 2.53. The van der Waals surface area contributed by atoms with Gasteiger partial charge in [0.25, 0.3) is 0 Å². The Bertz CT molecular complexity index is 389. The van der Waals surface area contributed by atoms with Crippen LogP contribution in [0.1, 0.15) is 50.5 Å². The molecule has 0 aliphatic carbocycles. The first-order chi connectivity index (χ1) is 10.1. The molecule has 0 spiro atoms. The molecule has 3 heteroatoms. The molecule has 0 saturated carbocycles. The average molecular weight is 291 g/mol. The quantitative estimate of drug-likeness (QED) is 0.635. The summed E-state index contributed by atoms with van der Waals surface area (Å²) in [6.45, 7) is 4.09.